The number of rotatable bonds is 4. The maximum Gasteiger partial charge on any atom is 0.241 e. The van der Waals surface area contributed by atoms with E-state index in [1.54, 1.807) is 6.20 Å². The van der Waals surface area contributed by atoms with Gasteiger partial charge in [-0.1, -0.05) is 19.3 Å². The molecule has 0 aliphatic heterocycles. The van der Waals surface area contributed by atoms with Crippen LogP contribution in [-0.2, 0) is 11.3 Å². The molecule has 0 spiro atoms. The molecule has 0 radical (unpaired) electrons. The van der Waals surface area contributed by atoms with Crippen molar-refractivity contribution >= 4 is 11.6 Å². The van der Waals surface area contributed by atoms with Crippen LogP contribution in [0.1, 0.15) is 32.1 Å². The molecule has 0 unspecified atom stereocenters. The third-order valence-electron chi connectivity index (χ3n) is 3.36. The van der Waals surface area contributed by atoms with Gasteiger partial charge < -0.3 is 16.2 Å². The first kappa shape index (κ1) is 12.9. The molecule has 18 heavy (non-hydrogen) atoms. The third kappa shape index (κ3) is 3.46. The first-order chi connectivity index (χ1) is 8.57. The molecule has 2 rings (SSSR count). The Morgan fingerprint density at radius 1 is 1.50 bits per heavy atom. The van der Waals surface area contributed by atoms with Crippen molar-refractivity contribution in [3.8, 4) is 0 Å². The van der Waals surface area contributed by atoms with Crippen LogP contribution in [0.25, 0.3) is 0 Å². The minimum atomic E-state index is -0.725. The van der Waals surface area contributed by atoms with Crippen molar-refractivity contribution in [1.82, 2.24) is 15.1 Å². The highest BCUT2D eigenvalue weighted by Crippen LogP contribution is 2.27. The fraction of sp³-hybridized carbons (Fsp3) is 0.667. The Morgan fingerprint density at radius 2 is 2.22 bits per heavy atom. The predicted octanol–water partition coefficient (Wildman–Crippen LogP) is 0.277. The first-order valence-corrected chi connectivity index (χ1v) is 6.34. The highest BCUT2D eigenvalue weighted by atomic mass is 16.3. The van der Waals surface area contributed by atoms with Crippen molar-refractivity contribution in [2.24, 2.45) is 0 Å². The van der Waals surface area contributed by atoms with E-state index in [0.717, 1.165) is 25.7 Å². The quantitative estimate of drug-likeness (QED) is 0.717. The SMILES string of the molecule is Nc1cnn(CC(=O)NCC2(O)CCCCC2)c1. The molecule has 1 aliphatic rings. The zero-order chi connectivity index (χ0) is 13.0. The number of hydrogen-bond acceptors (Lipinski definition) is 4. The van der Waals surface area contributed by atoms with Gasteiger partial charge in [0.1, 0.15) is 6.54 Å². The molecule has 1 heterocycles. The number of nitrogens with zero attached hydrogens (tertiary/aromatic N) is 2. The van der Waals surface area contributed by atoms with Gasteiger partial charge in [-0.2, -0.15) is 5.10 Å². The Hall–Kier alpha value is -1.56. The molecule has 1 saturated carbocycles. The Bertz CT molecular complexity index is 410. The maximum atomic E-state index is 11.7. The van der Waals surface area contributed by atoms with Crippen LogP contribution in [0.5, 0.6) is 0 Å². The Morgan fingerprint density at radius 3 is 2.83 bits per heavy atom. The third-order valence-corrected chi connectivity index (χ3v) is 3.36. The number of aliphatic hydroxyl groups is 1. The second kappa shape index (κ2) is 5.39. The van der Waals surface area contributed by atoms with Crippen LogP contribution in [0.4, 0.5) is 5.69 Å². The summed E-state index contributed by atoms with van der Waals surface area (Å²) in [4.78, 5) is 11.7. The Kier molecular flexibility index (Phi) is 3.86. The van der Waals surface area contributed by atoms with Gasteiger partial charge >= 0.3 is 0 Å². The summed E-state index contributed by atoms with van der Waals surface area (Å²) in [6.45, 7) is 0.454. The number of hydrogen-bond donors (Lipinski definition) is 3. The number of carbonyl (C=O) groups excluding carboxylic acids is 1. The van der Waals surface area contributed by atoms with E-state index in [-0.39, 0.29) is 12.5 Å². The lowest BCUT2D eigenvalue weighted by Gasteiger charge is -2.32. The standard InChI is InChI=1S/C12H20N4O2/c13-10-6-15-16(7-10)8-11(17)14-9-12(18)4-2-1-3-5-12/h6-7,18H,1-5,8-9,13H2,(H,14,17). The molecule has 6 heteroatoms. The van der Waals surface area contributed by atoms with Gasteiger partial charge in [-0.15, -0.1) is 0 Å². The van der Waals surface area contributed by atoms with Crippen LogP contribution in [-0.4, -0.2) is 32.9 Å². The van der Waals surface area contributed by atoms with Crippen molar-refractivity contribution in [3.63, 3.8) is 0 Å². The summed E-state index contributed by atoms with van der Waals surface area (Å²) in [6.07, 6.45) is 7.87. The number of anilines is 1. The van der Waals surface area contributed by atoms with Gasteiger partial charge in [0.2, 0.25) is 5.91 Å². The lowest BCUT2D eigenvalue weighted by Crippen LogP contribution is -2.45. The summed E-state index contributed by atoms with van der Waals surface area (Å²) in [5, 5.41) is 16.9. The number of nitrogens with two attached hydrogens (primary N) is 1. The monoisotopic (exact) mass is 252 g/mol. The molecule has 0 saturated heterocycles. The molecular formula is C12H20N4O2. The highest BCUT2D eigenvalue weighted by molar-refractivity contribution is 5.75. The summed E-state index contributed by atoms with van der Waals surface area (Å²) < 4.78 is 1.48. The van der Waals surface area contributed by atoms with Gasteiger partial charge in [0, 0.05) is 12.7 Å². The van der Waals surface area contributed by atoms with Crippen LogP contribution < -0.4 is 11.1 Å². The second-order valence-corrected chi connectivity index (χ2v) is 5.03. The average Bonchev–Trinajstić information content (AvgIpc) is 2.73. The van der Waals surface area contributed by atoms with Gasteiger partial charge in [0.25, 0.3) is 0 Å². The lowest BCUT2D eigenvalue weighted by molar-refractivity contribution is -0.123. The van der Waals surface area contributed by atoms with Crippen molar-refractivity contribution in [2.45, 2.75) is 44.2 Å². The summed E-state index contributed by atoms with van der Waals surface area (Å²) in [5.74, 6) is -0.155. The van der Waals surface area contributed by atoms with Crippen molar-refractivity contribution < 1.29 is 9.90 Å². The Balaban J connectivity index is 1.77. The van der Waals surface area contributed by atoms with Crippen LogP contribution in [0.3, 0.4) is 0 Å². The number of nitrogen functional groups attached to an aromatic ring is 1. The molecule has 100 valence electrons. The molecule has 1 aromatic heterocycles. The predicted molar refractivity (Wildman–Crippen MR) is 67.7 cm³/mol. The second-order valence-electron chi connectivity index (χ2n) is 5.03. The zero-order valence-electron chi connectivity index (χ0n) is 10.4. The number of nitrogens with one attached hydrogen (secondary N) is 1. The topological polar surface area (TPSA) is 93.2 Å². The van der Waals surface area contributed by atoms with E-state index in [4.69, 9.17) is 5.73 Å². The van der Waals surface area contributed by atoms with Crippen molar-refractivity contribution in [1.29, 1.82) is 0 Å². The van der Waals surface area contributed by atoms with E-state index in [0.29, 0.717) is 12.2 Å². The molecular weight excluding hydrogens is 232 g/mol. The van der Waals surface area contributed by atoms with Crippen LogP contribution in [0.15, 0.2) is 12.4 Å². The molecule has 1 aliphatic carbocycles. The minimum absolute atomic E-state index is 0.132. The van der Waals surface area contributed by atoms with E-state index in [9.17, 15) is 9.90 Å². The van der Waals surface area contributed by atoms with Crippen LogP contribution in [0, 0.1) is 0 Å². The fourth-order valence-electron chi connectivity index (χ4n) is 2.32. The molecule has 1 amide bonds. The minimum Gasteiger partial charge on any atom is -0.396 e. The molecule has 0 bridgehead atoms. The zero-order valence-corrected chi connectivity index (χ0v) is 10.4. The smallest absolute Gasteiger partial charge is 0.241 e. The number of amides is 1. The van der Waals surface area contributed by atoms with E-state index in [2.05, 4.69) is 10.4 Å². The molecule has 0 aromatic carbocycles. The number of carbonyl (C=O) groups is 1. The summed E-state index contributed by atoms with van der Waals surface area (Å²) in [6, 6.07) is 0. The van der Waals surface area contributed by atoms with E-state index in [1.807, 2.05) is 0 Å². The maximum absolute atomic E-state index is 11.7. The van der Waals surface area contributed by atoms with Gasteiger partial charge in [0.15, 0.2) is 0 Å². The molecule has 0 atom stereocenters. The highest BCUT2D eigenvalue weighted by Gasteiger charge is 2.29. The van der Waals surface area contributed by atoms with Gasteiger partial charge in [-0.3, -0.25) is 9.48 Å². The normalized spacial score (nSPS) is 18.5. The molecule has 4 N–H and O–H groups in total. The van der Waals surface area contributed by atoms with Gasteiger partial charge in [-0.05, 0) is 12.8 Å². The number of aromatic nitrogens is 2. The summed E-state index contributed by atoms with van der Waals surface area (Å²) in [7, 11) is 0. The van der Waals surface area contributed by atoms with E-state index < -0.39 is 5.60 Å². The first-order valence-electron chi connectivity index (χ1n) is 6.34. The van der Waals surface area contributed by atoms with Crippen LogP contribution in [0.2, 0.25) is 0 Å². The van der Waals surface area contributed by atoms with E-state index in [1.165, 1.54) is 17.3 Å². The van der Waals surface area contributed by atoms with Gasteiger partial charge in [-0.25, -0.2) is 0 Å². The fourth-order valence-corrected chi connectivity index (χ4v) is 2.32. The molecule has 1 aromatic rings. The Labute approximate surface area is 106 Å². The van der Waals surface area contributed by atoms with Crippen molar-refractivity contribution in [3.05, 3.63) is 12.4 Å². The van der Waals surface area contributed by atoms with E-state index >= 15 is 0 Å². The van der Waals surface area contributed by atoms with Gasteiger partial charge in [0.05, 0.1) is 17.5 Å². The molecule has 1 fully saturated rings. The lowest BCUT2D eigenvalue weighted by atomic mass is 9.85. The summed E-state index contributed by atoms with van der Waals surface area (Å²) >= 11 is 0. The largest absolute Gasteiger partial charge is 0.396 e. The van der Waals surface area contributed by atoms with Crippen molar-refractivity contribution in [2.75, 3.05) is 12.3 Å². The summed E-state index contributed by atoms with van der Waals surface area (Å²) in [5.41, 5.74) is 5.32. The molecule has 6 nitrogen and oxygen atoms in total. The average molecular weight is 252 g/mol. The van der Waals surface area contributed by atoms with Crippen LogP contribution >= 0.6 is 0 Å².